The van der Waals surface area contributed by atoms with Gasteiger partial charge < -0.3 is 10.6 Å². The number of aryl methyl sites for hydroxylation is 1. The van der Waals surface area contributed by atoms with E-state index in [1.165, 1.54) is 23.1 Å². The van der Waals surface area contributed by atoms with Gasteiger partial charge in [0.05, 0.1) is 5.75 Å². The number of hydrogen-bond acceptors (Lipinski definition) is 6. The number of rotatable bonds is 9. The zero-order chi connectivity index (χ0) is 18.9. The lowest BCUT2D eigenvalue weighted by atomic mass is 10.1. The molecule has 2 amide bonds. The van der Waals surface area contributed by atoms with Crippen molar-refractivity contribution in [1.82, 2.24) is 15.5 Å². The number of amides is 2. The van der Waals surface area contributed by atoms with E-state index in [0.717, 1.165) is 22.7 Å². The minimum Gasteiger partial charge on any atom is -0.355 e. The molecule has 2 rings (SSSR count). The molecule has 0 fully saturated rings. The van der Waals surface area contributed by atoms with E-state index >= 15 is 0 Å². The summed E-state index contributed by atoms with van der Waals surface area (Å²) in [5.41, 5.74) is 1.76. The van der Waals surface area contributed by atoms with Crippen LogP contribution in [0.25, 0.3) is 0 Å². The Bertz CT molecular complexity index is 746. The minimum absolute atomic E-state index is 0.0256. The fraction of sp³-hybridized carbons (Fsp3) is 0.444. The molecule has 2 aromatic rings. The Hall–Kier alpha value is -1.93. The summed E-state index contributed by atoms with van der Waals surface area (Å²) >= 11 is 2.72. The van der Waals surface area contributed by atoms with Crippen molar-refractivity contribution in [3.05, 3.63) is 39.8 Å². The molecule has 26 heavy (non-hydrogen) atoms. The van der Waals surface area contributed by atoms with Crippen LogP contribution in [0.3, 0.4) is 0 Å². The Morgan fingerprint density at radius 2 is 2.00 bits per heavy atom. The molecule has 140 valence electrons. The summed E-state index contributed by atoms with van der Waals surface area (Å²) in [4.78, 5) is 24.0. The van der Waals surface area contributed by atoms with Gasteiger partial charge in [-0.2, -0.15) is 0 Å². The molecule has 0 unspecified atom stereocenters. The summed E-state index contributed by atoms with van der Waals surface area (Å²) in [5.74, 6) is 1.28. The van der Waals surface area contributed by atoms with E-state index in [4.69, 9.17) is 0 Å². The summed E-state index contributed by atoms with van der Waals surface area (Å²) < 4.78 is 0. The number of thioether (sulfide) groups is 1. The van der Waals surface area contributed by atoms with Crippen LogP contribution in [0.1, 0.15) is 40.6 Å². The second kappa shape index (κ2) is 10.3. The van der Waals surface area contributed by atoms with Crippen LogP contribution >= 0.6 is 23.1 Å². The highest BCUT2D eigenvalue weighted by Gasteiger charge is 2.14. The van der Waals surface area contributed by atoms with Gasteiger partial charge in [0.25, 0.3) is 5.91 Å². The lowest BCUT2D eigenvalue weighted by Gasteiger charge is -2.06. The van der Waals surface area contributed by atoms with Crippen LogP contribution in [0, 0.1) is 12.8 Å². The van der Waals surface area contributed by atoms with Crippen molar-refractivity contribution in [3.8, 4) is 0 Å². The zero-order valence-corrected chi connectivity index (χ0v) is 16.9. The molecule has 0 bridgehead atoms. The molecular weight excluding hydrogens is 368 g/mol. The topological polar surface area (TPSA) is 84.0 Å². The number of aromatic nitrogens is 2. The zero-order valence-electron chi connectivity index (χ0n) is 15.2. The van der Waals surface area contributed by atoms with Crippen LogP contribution in [0.15, 0.2) is 24.3 Å². The lowest BCUT2D eigenvalue weighted by Crippen LogP contribution is -2.26. The summed E-state index contributed by atoms with van der Waals surface area (Å²) in [7, 11) is 0. The lowest BCUT2D eigenvalue weighted by molar-refractivity contribution is -0.118. The van der Waals surface area contributed by atoms with E-state index in [9.17, 15) is 9.59 Å². The summed E-state index contributed by atoms with van der Waals surface area (Å²) in [5, 5.41) is 14.8. The fourth-order valence-corrected chi connectivity index (χ4v) is 3.71. The van der Waals surface area contributed by atoms with Crippen molar-refractivity contribution in [2.45, 2.75) is 32.9 Å². The van der Waals surface area contributed by atoms with Crippen LogP contribution in [0.5, 0.6) is 0 Å². The molecular formula is C18H24N4O2S2. The van der Waals surface area contributed by atoms with Crippen LogP contribution in [0.4, 0.5) is 5.69 Å². The van der Waals surface area contributed by atoms with Crippen LogP contribution in [-0.4, -0.2) is 34.3 Å². The number of nitrogens with zero attached hydrogens (tertiary/aromatic N) is 2. The highest BCUT2D eigenvalue weighted by molar-refractivity contribution is 7.99. The van der Waals surface area contributed by atoms with Crippen LogP contribution in [0.2, 0.25) is 0 Å². The summed E-state index contributed by atoms with van der Waals surface area (Å²) in [6, 6.07) is 7.58. The third kappa shape index (κ3) is 6.76. The number of anilines is 1. The average molecular weight is 393 g/mol. The Balaban J connectivity index is 1.76. The Morgan fingerprint density at radius 1 is 1.23 bits per heavy atom. The number of hydrogen-bond donors (Lipinski definition) is 2. The summed E-state index contributed by atoms with van der Waals surface area (Å²) in [6.07, 6.45) is 0.978. The Kier molecular flexibility index (Phi) is 8.06. The molecule has 0 atom stereocenters. The van der Waals surface area contributed by atoms with Crippen molar-refractivity contribution in [2.75, 3.05) is 17.6 Å². The van der Waals surface area contributed by atoms with E-state index in [-0.39, 0.29) is 11.8 Å². The van der Waals surface area contributed by atoms with Gasteiger partial charge in [0.15, 0.2) is 0 Å². The number of carbonyl (C=O) groups is 2. The number of nitrogens with one attached hydrogen (secondary N) is 2. The molecule has 0 saturated carbocycles. The third-order valence-corrected chi connectivity index (χ3v) is 5.61. The highest BCUT2D eigenvalue weighted by Crippen LogP contribution is 2.19. The molecule has 0 saturated heterocycles. The molecule has 1 aromatic heterocycles. The largest absolute Gasteiger partial charge is 0.355 e. The van der Waals surface area contributed by atoms with Crippen molar-refractivity contribution in [2.24, 2.45) is 5.92 Å². The Labute approximate surface area is 162 Å². The molecule has 2 N–H and O–H groups in total. The van der Waals surface area contributed by atoms with Crippen molar-refractivity contribution < 1.29 is 9.59 Å². The molecule has 0 radical (unpaired) electrons. The molecule has 6 nitrogen and oxygen atoms in total. The van der Waals surface area contributed by atoms with Crippen LogP contribution in [-0.2, 0) is 10.5 Å². The van der Waals surface area contributed by atoms with Gasteiger partial charge in [-0.05, 0) is 30.9 Å². The third-order valence-electron chi connectivity index (χ3n) is 3.56. The monoisotopic (exact) mass is 392 g/mol. The van der Waals surface area contributed by atoms with Crippen molar-refractivity contribution >= 4 is 40.6 Å². The van der Waals surface area contributed by atoms with E-state index < -0.39 is 0 Å². The van der Waals surface area contributed by atoms with Crippen molar-refractivity contribution in [3.63, 3.8) is 0 Å². The smallest absolute Gasteiger partial charge is 0.286 e. The molecule has 1 heterocycles. The van der Waals surface area contributed by atoms with Gasteiger partial charge in [-0.25, -0.2) is 0 Å². The quantitative estimate of drug-likeness (QED) is 0.682. The van der Waals surface area contributed by atoms with E-state index in [1.54, 1.807) is 0 Å². The second-order valence-corrected chi connectivity index (χ2v) is 8.34. The minimum atomic E-state index is -0.264. The molecule has 0 aliphatic heterocycles. The fourth-order valence-electron chi connectivity index (χ4n) is 2.07. The standard InChI is InChI=1S/C18H24N4O2S2/c1-12(2)8-9-19-15(23)10-25-11-16-21-22-18(26-16)17(24)20-14-7-5-4-6-13(14)3/h4-7,12H,8-11H2,1-3H3,(H,19,23)(H,20,24). The van der Waals surface area contributed by atoms with E-state index in [2.05, 4.69) is 34.7 Å². The van der Waals surface area contributed by atoms with Gasteiger partial charge in [0.2, 0.25) is 10.9 Å². The predicted octanol–water partition coefficient (Wildman–Crippen LogP) is 3.49. The van der Waals surface area contributed by atoms with Gasteiger partial charge >= 0.3 is 0 Å². The van der Waals surface area contributed by atoms with E-state index in [0.29, 0.717) is 29.0 Å². The first-order valence-electron chi connectivity index (χ1n) is 8.49. The maximum atomic E-state index is 12.3. The van der Waals surface area contributed by atoms with Crippen molar-refractivity contribution in [1.29, 1.82) is 0 Å². The maximum Gasteiger partial charge on any atom is 0.286 e. The highest BCUT2D eigenvalue weighted by atomic mass is 32.2. The molecule has 1 aromatic carbocycles. The van der Waals surface area contributed by atoms with Gasteiger partial charge in [-0.1, -0.05) is 43.4 Å². The number of carbonyl (C=O) groups excluding carboxylic acids is 2. The second-order valence-electron chi connectivity index (χ2n) is 6.30. The van der Waals surface area contributed by atoms with E-state index in [1.807, 2.05) is 31.2 Å². The van der Waals surface area contributed by atoms with Crippen LogP contribution < -0.4 is 10.6 Å². The van der Waals surface area contributed by atoms with Gasteiger partial charge in [-0.15, -0.1) is 22.0 Å². The summed E-state index contributed by atoms with van der Waals surface area (Å²) in [6.45, 7) is 6.90. The maximum absolute atomic E-state index is 12.3. The molecule has 0 aliphatic rings. The average Bonchev–Trinajstić information content (AvgIpc) is 3.05. The number of benzene rings is 1. The van der Waals surface area contributed by atoms with Gasteiger partial charge in [-0.3, -0.25) is 9.59 Å². The molecule has 8 heteroatoms. The SMILES string of the molecule is Cc1ccccc1NC(=O)c1nnc(CSCC(=O)NCCC(C)C)s1. The predicted molar refractivity (Wildman–Crippen MR) is 108 cm³/mol. The first-order chi connectivity index (χ1) is 12.5. The molecule has 0 aliphatic carbocycles. The van der Waals surface area contributed by atoms with Gasteiger partial charge in [0, 0.05) is 18.0 Å². The first-order valence-corrected chi connectivity index (χ1v) is 10.5. The van der Waals surface area contributed by atoms with Gasteiger partial charge in [0.1, 0.15) is 5.01 Å². The normalized spacial score (nSPS) is 10.8. The first kappa shape index (κ1) is 20.4. The Morgan fingerprint density at radius 3 is 2.73 bits per heavy atom. The number of para-hydroxylation sites is 1. The molecule has 0 spiro atoms.